The molecule has 4 aromatic rings. The van der Waals surface area contributed by atoms with Crippen molar-refractivity contribution >= 4 is 21.5 Å². The Morgan fingerprint density at radius 3 is 1.96 bits per heavy atom. The molecule has 0 aromatic heterocycles. The van der Waals surface area contributed by atoms with E-state index < -0.39 is 0 Å². The van der Waals surface area contributed by atoms with E-state index in [9.17, 15) is 5.11 Å². The molecular formula is C26H24O2. The van der Waals surface area contributed by atoms with E-state index >= 15 is 0 Å². The lowest BCUT2D eigenvalue weighted by Crippen LogP contribution is -2.20. The molecule has 5 rings (SSSR count). The smallest absolute Gasteiger partial charge is 0.128 e. The van der Waals surface area contributed by atoms with Crippen LogP contribution in [0.1, 0.15) is 32.1 Å². The maximum atomic E-state index is 10.9. The van der Waals surface area contributed by atoms with Gasteiger partial charge in [-0.2, -0.15) is 0 Å². The molecule has 2 nitrogen and oxygen atoms in total. The highest BCUT2D eigenvalue weighted by atomic mass is 16.5. The van der Waals surface area contributed by atoms with Gasteiger partial charge in [-0.15, -0.1) is 0 Å². The monoisotopic (exact) mass is 368 g/mol. The van der Waals surface area contributed by atoms with E-state index in [1.807, 2.05) is 18.2 Å². The zero-order valence-electron chi connectivity index (χ0n) is 15.9. The Hall–Kier alpha value is -3.00. The molecule has 0 heterocycles. The summed E-state index contributed by atoms with van der Waals surface area (Å²) < 4.78 is 6.54. The third-order valence-electron chi connectivity index (χ3n) is 5.89. The summed E-state index contributed by atoms with van der Waals surface area (Å²) in [5.74, 6) is 1.17. The molecule has 0 radical (unpaired) electrons. The van der Waals surface area contributed by atoms with Gasteiger partial charge in [-0.3, -0.25) is 0 Å². The molecule has 1 N–H and O–H groups in total. The molecule has 0 aliphatic heterocycles. The first-order valence-electron chi connectivity index (χ1n) is 10.2. The molecular weight excluding hydrogens is 344 g/mol. The maximum Gasteiger partial charge on any atom is 0.128 e. The summed E-state index contributed by atoms with van der Waals surface area (Å²) in [4.78, 5) is 0. The lowest BCUT2D eigenvalue weighted by molar-refractivity contribution is 0.156. The number of hydrogen-bond donors (Lipinski definition) is 1. The van der Waals surface area contributed by atoms with E-state index in [2.05, 4.69) is 48.5 Å². The van der Waals surface area contributed by atoms with Crippen molar-refractivity contribution in [2.75, 3.05) is 0 Å². The van der Waals surface area contributed by atoms with E-state index in [0.717, 1.165) is 51.3 Å². The number of benzene rings is 4. The Morgan fingerprint density at radius 2 is 1.25 bits per heavy atom. The van der Waals surface area contributed by atoms with Gasteiger partial charge in [0.2, 0.25) is 0 Å². The van der Waals surface area contributed by atoms with E-state index in [0.29, 0.717) is 5.75 Å². The highest BCUT2D eigenvalue weighted by molar-refractivity contribution is 6.09. The number of rotatable bonds is 3. The Labute approximate surface area is 165 Å². The van der Waals surface area contributed by atoms with Crippen LogP contribution in [0.3, 0.4) is 0 Å². The first-order chi connectivity index (χ1) is 13.8. The normalized spacial score (nSPS) is 15.1. The summed E-state index contributed by atoms with van der Waals surface area (Å²) in [6.45, 7) is 0. The summed E-state index contributed by atoms with van der Waals surface area (Å²) in [6.07, 6.45) is 6.22. The third-order valence-corrected chi connectivity index (χ3v) is 5.89. The van der Waals surface area contributed by atoms with Crippen LogP contribution in [0.15, 0.2) is 72.8 Å². The van der Waals surface area contributed by atoms with Gasteiger partial charge in [-0.05, 0) is 59.4 Å². The van der Waals surface area contributed by atoms with Gasteiger partial charge in [0.25, 0.3) is 0 Å². The van der Waals surface area contributed by atoms with Gasteiger partial charge in [0.05, 0.1) is 6.10 Å². The molecule has 0 saturated heterocycles. The van der Waals surface area contributed by atoms with Crippen molar-refractivity contribution in [1.82, 2.24) is 0 Å². The van der Waals surface area contributed by atoms with Crippen LogP contribution in [0.4, 0.5) is 0 Å². The molecule has 1 fully saturated rings. The Balaban J connectivity index is 1.78. The minimum atomic E-state index is 0.255. The predicted molar refractivity (Wildman–Crippen MR) is 116 cm³/mol. The maximum absolute atomic E-state index is 10.9. The summed E-state index contributed by atoms with van der Waals surface area (Å²) in [5.41, 5.74) is 1.86. The highest BCUT2D eigenvalue weighted by Crippen LogP contribution is 2.45. The lowest BCUT2D eigenvalue weighted by atomic mass is 9.92. The second-order valence-corrected chi connectivity index (χ2v) is 7.72. The molecule has 140 valence electrons. The van der Waals surface area contributed by atoms with Gasteiger partial charge < -0.3 is 9.84 Å². The fourth-order valence-corrected chi connectivity index (χ4v) is 4.49. The van der Waals surface area contributed by atoms with Crippen LogP contribution in [0.5, 0.6) is 11.5 Å². The van der Waals surface area contributed by atoms with E-state index in [-0.39, 0.29) is 6.10 Å². The summed E-state index contributed by atoms with van der Waals surface area (Å²) in [5, 5.41) is 15.3. The van der Waals surface area contributed by atoms with Crippen molar-refractivity contribution < 1.29 is 9.84 Å². The number of aromatic hydroxyl groups is 1. The first-order valence-corrected chi connectivity index (χ1v) is 10.2. The molecule has 0 spiro atoms. The summed E-state index contributed by atoms with van der Waals surface area (Å²) in [7, 11) is 0. The molecule has 0 atom stereocenters. The van der Waals surface area contributed by atoms with Crippen LogP contribution in [-0.2, 0) is 0 Å². The van der Waals surface area contributed by atoms with Crippen LogP contribution in [-0.4, -0.2) is 11.2 Å². The predicted octanol–water partition coefficient (Wildman–Crippen LogP) is 7.08. The van der Waals surface area contributed by atoms with Crippen LogP contribution in [0, 0.1) is 0 Å². The first kappa shape index (κ1) is 17.1. The SMILES string of the molecule is Oc1ccc2ccccc2c1-c1c(OC2CCCCC2)ccc2ccccc12. The van der Waals surface area contributed by atoms with Crippen LogP contribution < -0.4 is 4.74 Å². The number of fused-ring (bicyclic) bond motifs is 2. The molecule has 2 heteroatoms. The molecule has 0 amide bonds. The van der Waals surface area contributed by atoms with Crippen molar-refractivity contribution in [1.29, 1.82) is 0 Å². The second-order valence-electron chi connectivity index (χ2n) is 7.72. The van der Waals surface area contributed by atoms with Gasteiger partial charge in [0, 0.05) is 11.1 Å². The van der Waals surface area contributed by atoms with Gasteiger partial charge in [0.1, 0.15) is 11.5 Å². The van der Waals surface area contributed by atoms with E-state index in [1.165, 1.54) is 19.3 Å². The minimum absolute atomic E-state index is 0.255. The zero-order chi connectivity index (χ0) is 18.9. The quantitative estimate of drug-likeness (QED) is 0.419. The van der Waals surface area contributed by atoms with E-state index in [4.69, 9.17) is 4.74 Å². The average molecular weight is 368 g/mol. The molecule has 0 unspecified atom stereocenters. The lowest BCUT2D eigenvalue weighted by Gasteiger charge is -2.25. The molecule has 0 bridgehead atoms. The molecule has 1 aliphatic rings. The second kappa shape index (κ2) is 7.20. The van der Waals surface area contributed by atoms with Crippen molar-refractivity contribution in [3.8, 4) is 22.6 Å². The summed E-state index contributed by atoms with van der Waals surface area (Å²) >= 11 is 0. The van der Waals surface area contributed by atoms with Crippen LogP contribution in [0.2, 0.25) is 0 Å². The van der Waals surface area contributed by atoms with Crippen molar-refractivity contribution in [2.24, 2.45) is 0 Å². The largest absolute Gasteiger partial charge is 0.507 e. The summed E-state index contributed by atoms with van der Waals surface area (Å²) in [6, 6.07) is 24.5. The topological polar surface area (TPSA) is 29.5 Å². The average Bonchev–Trinajstić information content (AvgIpc) is 2.75. The Morgan fingerprint density at radius 1 is 0.643 bits per heavy atom. The number of phenolic OH excluding ortho intramolecular Hbond substituents is 1. The van der Waals surface area contributed by atoms with Crippen molar-refractivity contribution in [2.45, 2.75) is 38.2 Å². The molecule has 28 heavy (non-hydrogen) atoms. The van der Waals surface area contributed by atoms with Gasteiger partial charge in [-0.1, -0.05) is 67.1 Å². The van der Waals surface area contributed by atoms with Crippen molar-refractivity contribution in [3.05, 3.63) is 72.8 Å². The zero-order valence-corrected chi connectivity index (χ0v) is 15.9. The third kappa shape index (κ3) is 2.99. The number of phenols is 1. The number of ether oxygens (including phenoxy) is 1. The Kier molecular flexibility index (Phi) is 4.40. The fraction of sp³-hybridized carbons (Fsp3) is 0.231. The van der Waals surface area contributed by atoms with Crippen LogP contribution in [0.25, 0.3) is 32.7 Å². The molecule has 4 aromatic carbocycles. The van der Waals surface area contributed by atoms with E-state index in [1.54, 1.807) is 6.07 Å². The molecule has 1 aliphatic carbocycles. The van der Waals surface area contributed by atoms with Gasteiger partial charge in [-0.25, -0.2) is 0 Å². The van der Waals surface area contributed by atoms with Gasteiger partial charge in [0.15, 0.2) is 0 Å². The standard InChI is InChI=1S/C26H24O2/c27-23-16-14-18-8-4-6-12-21(18)25(23)26-22-13-7-5-9-19(22)15-17-24(26)28-20-10-2-1-3-11-20/h4-9,12-17,20,27H,1-3,10-11H2. The van der Waals surface area contributed by atoms with Gasteiger partial charge >= 0.3 is 0 Å². The Bertz CT molecular complexity index is 1140. The fourth-order valence-electron chi connectivity index (χ4n) is 4.49. The number of hydrogen-bond acceptors (Lipinski definition) is 2. The van der Waals surface area contributed by atoms with Crippen molar-refractivity contribution in [3.63, 3.8) is 0 Å². The highest BCUT2D eigenvalue weighted by Gasteiger charge is 2.21. The van der Waals surface area contributed by atoms with Crippen LogP contribution >= 0.6 is 0 Å². The molecule has 1 saturated carbocycles. The minimum Gasteiger partial charge on any atom is -0.507 e.